The summed E-state index contributed by atoms with van der Waals surface area (Å²) in [4.78, 5) is 53.2. The minimum atomic E-state index is -1.15. The largest absolute Gasteiger partial charge is 0.460 e. The van der Waals surface area contributed by atoms with Crippen molar-refractivity contribution >= 4 is 24.1 Å². The third-order valence-corrected chi connectivity index (χ3v) is 6.31. The quantitative estimate of drug-likeness (QED) is 0.178. The number of hydrogen-bond donors (Lipinski definition) is 1. The second kappa shape index (κ2) is 14.8. The zero-order chi connectivity index (χ0) is 30.8. The van der Waals surface area contributed by atoms with E-state index in [0.29, 0.717) is 23.0 Å². The van der Waals surface area contributed by atoms with Crippen LogP contribution in [0.5, 0.6) is 5.75 Å². The molecule has 42 heavy (non-hydrogen) atoms. The smallest absolute Gasteiger partial charge is 0.328 e. The Labute approximate surface area is 242 Å². The number of aldehydes is 1. The monoisotopic (exact) mass is 582 g/mol. The molecule has 0 radical (unpaired) electrons. The van der Waals surface area contributed by atoms with Gasteiger partial charge in [-0.05, 0) is 55.3 Å². The highest BCUT2D eigenvalue weighted by Crippen LogP contribution is 2.31. The van der Waals surface area contributed by atoms with Gasteiger partial charge in [-0.2, -0.15) is 0 Å². The van der Waals surface area contributed by atoms with Crippen molar-refractivity contribution in [3.05, 3.63) is 94.8 Å². The van der Waals surface area contributed by atoms with Crippen LogP contribution in [0.3, 0.4) is 0 Å². The number of halogens is 2. The van der Waals surface area contributed by atoms with E-state index >= 15 is 0 Å². The Morgan fingerprint density at radius 1 is 0.881 bits per heavy atom. The van der Waals surface area contributed by atoms with E-state index in [1.165, 1.54) is 43.5 Å². The molecule has 2 aromatic carbocycles. The van der Waals surface area contributed by atoms with Gasteiger partial charge in [-0.25, -0.2) is 18.6 Å². The van der Waals surface area contributed by atoms with Crippen molar-refractivity contribution in [2.75, 3.05) is 6.79 Å². The third kappa shape index (κ3) is 8.42. The lowest BCUT2D eigenvalue weighted by Gasteiger charge is -2.26. The van der Waals surface area contributed by atoms with Crippen LogP contribution in [0, 0.1) is 17.6 Å². The van der Waals surface area contributed by atoms with Crippen LogP contribution >= 0.6 is 0 Å². The van der Waals surface area contributed by atoms with Crippen LogP contribution in [0.15, 0.2) is 60.8 Å². The van der Waals surface area contributed by atoms with Gasteiger partial charge >= 0.3 is 11.9 Å². The molecule has 1 aromatic heterocycles. The van der Waals surface area contributed by atoms with Crippen LogP contribution in [-0.4, -0.2) is 48.1 Å². The molecule has 1 N–H and O–H groups in total. The topological polar surface area (TPSA) is 121 Å². The molecule has 11 heteroatoms. The van der Waals surface area contributed by atoms with Gasteiger partial charge in [0.2, 0.25) is 6.79 Å². The maximum Gasteiger partial charge on any atom is 0.328 e. The second-order valence-electron chi connectivity index (χ2n) is 9.82. The maximum atomic E-state index is 13.6. The number of rotatable bonds is 13. The number of pyridine rings is 1. The molecule has 0 aliphatic carbocycles. The average Bonchev–Trinajstić information content (AvgIpc) is 2.95. The predicted molar refractivity (Wildman–Crippen MR) is 148 cm³/mol. The summed E-state index contributed by atoms with van der Waals surface area (Å²) in [6.07, 6.45) is 1.03. The Hall–Kier alpha value is -4.67. The van der Waals surface area contributed by atoms with Gasteiger partial charge in [-0.15, -0.1) is 0 Å². The molecule has 0 aliphatic rings. The number of amides is 1. The minimum Gasteiger partial charge on any atom is -0.460 e. The van der Waals surface area contributed by atoms with Gasteiger partial charge in [0.1, 0.15) is 30.1 Å². The van der Waals surface area contributed by atoms with Crippen molar-refractivity contribution < 1.29 is 42.2 Å². The summed E-state index contributed by atoms with van der Waals surface area (Å²) in [6, 6.07) is 11.6. The molecule has 2 atom stereocenters. The predicted octanol–water partition coefficient (Wildman–Crippen LogP) is 4.52. The highest BCUT2D eigenvalue weighted by Gasteiger charge is 2.29. The SMILES string of the molecule is CC(C)C(=O)OCOc1c(CC=O)ccnc1C(=O)N[C@@H](C)C(=O)OC(C)C(c1ccc(F)cc1)c1ccc(F)cc1. The number of carbonyl (C=O) groups excluding carboxylic acids is 4. The Bertz CT molecular complexity index is 1350. The van der Waals surface area contributed by atoms with Crippen LogP contribution in [0.4, 0.5) is 8.78 Å². The van der Waals surface area contributed by atoms with E-state index in [1.807, 2.05) is 0 Å². The summed E-state index contributed by atoms with van der Waals surface area (Å²) in [5, 5.41) is 2.51. The van der Waals surface area contributed by atoms with E-state index in [-0.39, 0.29) is 17.9 Å². The van der Waals surface area contributed by atoms with E-state index in [4.69, 9.17) is 14.2 Å². The van der Waals surface area contributed by atoms with E-state index in [1.54, 1.807) is 45.0 Å². The van der Waals surface area contributed by atoms with Crippen molar-refractivity contribution in [2.24, 2.45) is 5.92 Å². The molecule has 1 heterocycles. The van der Waals surface area contributed by atoms with E-state index in [2.05, 4.69) is 10.3 Å². The number of esters is 2. The summed E-state index contributed by atoms with van der Waals surface area (Å²) in [5.74, 6) is -4.00. The Morgan fingerprint density at radius 2 is 1.45 bits per heavy atom. The number of ether oxygens (including phenoxy) is 3. The summed E-state index contributed by atoms with van der Waals surface area (Å²) in [5.41, 5.74) is 1.38. The van der Waals surface area contributed by atoms with Gasteiger partial charge in [0, 0.05) is 24.1 Å². The van der Waals surface area contributed by atoms with Gasteiger partial charge in [-0.1, -0.05) is 38.1 Å². The number of hydrogen-bond acceptors (Lipinski definition) is 8. The summed E-state index contributed by atoms with van der Waals surface area (Å²) < 4.78 is 43.4. The maximum absolute atomic E-state index is 13.6. The molecule has 3 aromatic rings. The molecular weight excluding hydrogens is 550 g/mol. The fraction of sp³-hybridized carbons (Fsp3) is 0.323. The van der Waals surface area contributed by atoms with Crippen LogP contribution < -0.4 is 10.1 Å². The number of nitrogens with one attached hydrogen (secondary N) is 1. The molecule has 1 amide bonds. The van der Waals surface area contributed by atoms with E-state index in [9.17, 15) is 28.0 Å². The highest BCUT2D eigenvalue weighted by molar-refractivity contribution is 5.97. The summed E-state index contributed by atoms with van der Waals surface area (Å²) >= 11 is 0. The second-order valence-corrected chi connectivity index (χ2v) is 9.82. The molecule has 0 aliphatic heterocycles. The van der Waals surface area contributed by atoms with Crippen molar-refractivity contribution in [3.63, 3.8) is 0 Å². The van der Waals surface area contributed by atoms with Gasteiger partial charge in [-0.3, -0.25) is 9.59 Å². The molecule has 0 fully saturated rings. The van der Waals surface area contributed by atoms with Gasteiger partial charge in [0.15, 0.2) is 11.4 Å². The highest BCUT2D eigenvalue weighted by atomic mass is 19.1. The first-order valence-corrected chi connectivity index (χ1v) is 13.2. The number of nitrogens with zero attached hydrogens (tertiary/aromatic N) is 1. The van der Waals surface area contributed by atoms with Crippen LogP contribution in [0.2, 0.25) is 0 Å². The summed E-state index contributed by atoms with van der Waals surface area (Å²) in [6.45, 7) is 5.83. The fourth-order valence-corrected chi connectivity index (χ4v) is 4.13. The molecular formula is C31H32F2N2O7. The zero-order valence-electron chi connectivity index (χ0n) is 23.6. The molecule has 222 valence electrons. The van der Waals surface area contributed by atoms with E-state index in [0.717, 1.165) is 0 Å². The number of benzene rings is 2. The third-order valence-electron chi connectivity index (χ3n) is 6.31. The Kier molecular flexibility index (Phi) is 11.2. The first-order chi connectivity index (χ1) is 20.0. The lowest BCUT2D eigenvalue weighted by molar-refractivity contribution is -0.154. The summed E-state index contributed by atoms with van der Waals surface area (Å²) in [7, 11) is 0. The standard InChI is InChI=1S/C31H32F2N2O7/c1-18(2)30(38)41-17-40-28-23(14-16-36)13-15-34-27(28)29(37)35-19(3)31(39)42-20(4)26(21-5-9-24(32)10-6-21)22-7-11-25(33)12-8-22/h5-13,15-16,18-20,26H,14,17H2,1-4H3,(H,35,37)/t19-,20?/m0/s1. The first kappa shape index (κ1) is 31.9. The van der Waals surface area contributed by atoms with Gasteiger partial charge in [0.05, 0.1) is 5.92 Å². The van der Waals surface area contributed by atoms with Crippen molar-refractivity contribution in [1.82, 2.24) is 10.3 Å². The minimum absolute atomic E-state index is 0.0692. The number of carbonyl (C=O) groups is 4. The molecule has 0 saturated heterocycles. The van der Waals surface area contributed by atoms with Crippen molar-refractivity contribution in [2.45, 2.75) is 52.2 Å². The van der Waals surface area contributed by atoms with E-state index < -0.39 is 60.3 Å². The first-order valence-electron chi connectivity index (χ1n) is 13.2. The van der Waals surface area contributed by atoms with Gasteiger partial charge < -0.3 is 24.3 Å². The lowest BCUT2D eigenvalue weighted by Crippen LogP contribution is -2.41. The number of aromatic nitrogens is 1. The van der Waals surface area contributed by atoms with Crippen LogP contribution in [0.1, 0.15) is 60.8 Å². The van der Waals surface area contributed by atoms with Crippen molar-refractivity contribution in [3.8, 4) is 5.75 Å². The normalized spacial score (nSPS) is 12.4. The molecule has 0 bridgehead atoms. The average molecular weight is 583 g/mol. The zero-order valence-corrected chi connectivity index (χ0v) is 23.6. The van der Waals surface area contributed by atoms with Crippen LogP contribution in [-0.2, 0) is 30.3 Å². The van der Waals surface area contributed by atoms with Gasteiger partial charge in [0.25, 0.3) is 5.91 Å². The molecule has 3 rings (SSSR count). The fourth-order valence-electron chi connectivity index (χ4n) is 4.13. The Balaban J connectivity index is 1.76. The molecule has 9 nitrogen and oxygen atoms in total. The molecule has 0 spiro atoms. The van der Waals surface area contributed by atoms with Crippen molar-refractivity contribution in [1.29, 1.82) is 0 Å². The van der Waals surface area contributed by atoms with Crippen LogP contribution in [0.25, 0.3) is 0 Å². The lowest BCUT2D eigenvalue weighted by atomic mass is 9.87. The molecule has 0 saturated carbocycles. The Morgan fingerprint density at radius 3 is 1.98 bits per heavy atom. The molecule has 1 unspecified atom stereocenters.